The number of hydrogen-bond donors (Lipinski definition) is 2. The lowest BCUT2D eigenvalue weighted by Crippen LogP contribution is -2.19. The molecule has 6 heteroatoms. The average molecular weight is 349 g/mol. The monoisotopic (exact) mass is 349 g/mol. The molecule has 0 bridgehead atoms. The van der Waals surface area contributed by atoms with E-state index in [-0.39, 0.29) is 0 Å². The Morgan fingerprint density at radius 2 is 2.27 bits per heavy atom. The third-order valence-electron chi connectivity index (χ3n) is 4.72. The third-order valence-corrected chi connectivity index (χ3v) is 4.72. The van der Waals surface area contributed by atoms with Gasteiger partial charge in [0.15, 0.2) is 5.84 Å². The Morgan fingerprint density at radius 1 is 1.38 bits per heavy atom. The van der Waals surface area contributed by atoms with Crippen molar-refractivity contribution in [2.75, 3.05) is 6.61 Å². The molecule has 1 aliphatic heterocycles. The van der Waals surface area contributed by atoms with Crippen molar-refractivity contribution < 1.29 is 14.7 Å². The first-order chi connectivity index (χ1) is 12.7. The number of rotatable bonds is 4. The first-order valence-electron chi connectivity index (χ1n) is 8.67. The van der Waals surface area contributed by atoms with Crippen molar-refractivity contribution >= 4 is 5.84 Å². The van der Waals surface area contributed by atoms with E-state index in [0.717, 1.165) is 35.1 Å². The van der Waals surface area contributed by atoms with Gasteiger partial charge in [0, 0.05) is 11.1 Å². The fourth-order valence-electron chi connectivity index (χ4n) is 3.47. The Morgan fingerprint density at radius 3 is 3.08 bits per heavy atom. The zero-order chi connectivity index (χ0) is 18.1. The molecule has 2 aliphatic rings. The summed E-state index contributed by atoms with van der Waals surface area (Å²) in [5.41, 5.74) is 7.16. The standard InChI is InChI=1S/C20H19N3O3/c1-2-25-18-9-6-12(10-13(18)11-21)20-22-19(23-26-20)16-5-3-4-15-14(16)7-8-17(15)24/h3-6,9-10,17,20,24H,2,7-8H2,1H3,(H,22,23). The smallest absolute Gasteiger partial charge is 0.202 e. The predicted molar refractivity (Wildman–Crippen MR) is 95.5 cm³/mol. The summed E-state index contributed by atoms with van der Waals surface area (Å²) in [5.74, 6) is 1.21. The highest BCUT2D eigenvalue weighted by atomic mass is 16.7. The minimum atomic E-state index is -0.532. The van der Waals surface area contributed by atoms with E-state index in [9.17, 15) is 10.4 Å². The van der Waals surface area contributed by atoms with Crippen molar-refractivity contribution in [3.63, 3.8) is 0 Å². The molecule has 1 aliphatic carbocycles. The molecule has 132 valence electrons. The number of nitriles is 1. The maximum absolute atomic E-state index is 10.1. The number of ether oxygens (including phenoxy) is 1. The maximum Gasteiger partial charge on any atom is 0.202 e. The highest BCUT2D eigenvalue weighted by Crippen LogP contribution is 2.35. The van der Waals surface area contributed by atoms with Crippen LogP contribution in [0.15, 0.2) is 41.4 Å². The van der Waals surface area contributed by atoms with Crippen molar-refractivity contribution in [3.05, 3.63) is 64.2 Å². The molecule has 0 aromatic heterocycles. The van der Waals surface area contributed by atoms with Crippen molar-refractivity contribution in [3.8, 4) is 11.8 Å². The maximum atomic E-state index is 10.1. The van der Waals surface area contributed by atoms with Crippen LogP contribution in [0.2, 0.25) is 0 Å². The van der Waals surface area contributed by atoms with Gasteiger partial charge in [0.05, 0.1) is 18.3 Å². The van der Waals surface area contributed by atoms with E-state index in [1.165, 1.54) is 0 Å². The Labute approximate surface area is 151 Å². The molecule has 1 heterocycles. The SMILES string of the molecule is CCOc1ccc(C2N=C(c3cccc4c3CCC4O)NO2)cc1C#N. The van der Waals surface area contributed by atoms with Crippen LogP contribution in [-0.4, -0.2) is 17.5 Å². The first-order valence-corrected chi connectivity index (χ1v) is 8.67. The molecule has 0 amide bonds. The van der Waals surface area contributed by atoms with Crippen LogP contribution in [0.4, 0.5) is 0 Å². The molecule has 0 fully saturated rings. The van der Waals surface area contributed by atoms with E-state index >= 15 is 0 Å². The fraction of sp³-hybridized carbons (Fsp3) is 0.300. The minimum Gasteiger partial charge on any atom is -0.492 e. The number of fused-ring (bicyclic) bond motifs is 1. The topological polar surface area (TPSA) is 86.9 Å². The summed E-state index contributed by atoms with van der Waals surface area (Å²) in [6.45, 7) is 2.38. The quantitative estimate of drug-likeness (QED) is 0.886. The lowest BCUT2D eigenvalue weighted by Gasteiger charge is -2.10. The zero-order valence-electron chi connectivity index (χ0n) is 14.4. The van der Waals surface area contributed by atoms with Crippen LogP contribution < -0.4 is 10.2 Å². The summed E-state index contributed by atoms with van der Waals surface area (Å²) in [5, 5.41) is 19.4. The molecule has 0 radical (unpaired) electrons. The lowest BCUT2D eigenvalue weighted by atomic mass is 10.0. The van der Waals surface area contributed by atoms with Gasteiger partial charge in [-0.25, -0.2) is 15.3 Å². The molecule has 0 spiro atoms. The van der Waals surface area contributed by atoms with Crippen molar-refractivity contribution in [2.45, 2.75) is 32.1 Å². The normalized spacial score (nSPS) is 20.9. The third kappa shape index (κ3) is 2.81. The minimum absolute atomic E-state index is 0.409. The Bertz CT molecular complexity index is 917. The molecule has 4 rings (SSSR count). The number of aliphatic hydroxyl groups excluding tert-OH is 1. The Hall–Kier alpha value is -2.88. The van der Waals surface area contributed by atoms with E-state index in [0.29, 0.717) is 23.8 Å². The summed E-state index contributed by atoms with van der Waals surface area (Å²) >= 11 is 0. The van der Waals surface area contributed by atoms with Gasteiger partial charge in [0.1, 0.15) is 11.8 Å². The average Bonchev–Trinajstić information content (AvgIpc) is 3.30. The largest absolute Gasteiger partial charge is 0.492 e. The zero-order valence-corrected chi connectivity index (χ0v) is 14.4. The van der Waals surface area contributed by atoms with Crippen LogP contribution in [-0.2, 0) is 11.3 Å². The van der Waals surface area contributed by atoms with Crippen molar-refractivity contribution in [2.24, 2.45) is 4.99 Å². The fourth-order valence-corrected chi connectivity index (χ4v) is 3.47. The second-order valence-electron chi connectivity index (χ2n) is 6.28. The molecular formula is C20H19N3O3. The molecule has 2 aromatic rings. The molecule has 0 saturated carbocycles. The number of aliphatic hydroxyl groups is 1. The molecule has 26 heavy (non-hydrogen) atoms. The summed E-state index contributed by atoms with van der Waals surface area (Å²) < 4.78 is 5.46. The second-order valence-corrected chi connectivity index (χ2v) is 6.28. The number of hydrogen-bond acceptors (Lipinski definition) is 6. The first kappa shape index (κ1) is 16.6. The summed E-state index contributed by atoms with van der Waals surface area (Å²) in [6.07, 6.45) is 0.608. The van der Waals surface area contributed by atoms with E-state index in [1.54, 1.807) is 12.1 Å². The van der Waals surface area contributed by atoms with Crippen LogP contribution in [0.3, 0.4) is 0 Å². The molecule has 2 N–H and O–H groups in total. The molecular weight excluding hydrogens is 330 g/mol. The second kappa shape index (κ2) is 6.79. The van der Waals surface area contributed by atoms with Gasteiger partial charge < -0.3 is 9.84 Å². The van der Waals surface area contributed by atoms with E-state index in [1.807, 2.05) is 31.2 Å². The van der Waals surface area contributed by atoms with Crippen LogP contribution in [0.1, 0.15) is 53.5 Å². The predicted octanol–water partition coefficient (Wildman–Crippen LogP) is 2.92. The highest BCUT2D eigenvalue weighted by Gasteiger charge is 2.28. The van der Waals surface area contributed by atoms with Gasteiger partial charge in [-0.2, -0.15) is 5.26 Å². The number of nitrogens with zero attached hydrogens (tertiary/aromatic N) is 2. The van der Waals surface area contributed by atoms with E-state index in [2.05, 4.69) is 16.5 Å². The van der Waals surface area contributed by atoms with Crippen LogP contribution in [0, 0.1) is 11.3 Å². The molecule has 2 atom stereocenters. The highest BCUT2D eigenvalue weighted by molar-refractivity contribution is 6.00. The van der Waals surface area contributed by atoms with Crippen LogP contribution in [0.5, 0.6) is 5.75 Å². The van der Waals surface area contributed by atoms with Gasteiger partial charge in [-0.15, -0.1) is 0 Å². The van der Waals surface area contributed by atoms with Crippen molar-refractivity contribution in [1.82, 2.24) is 5.48 Å². The summed E-state index contributed by atoms with van der Waals surface area (Å²) in [6, 6.07) is 13.4. The summed E-state index contributed by atoms with van der Waals surface area (Å²) in [4.78, 5) is 10.3. The molecule has 0 saturated heterocycles. The van der Waals surface area contributed by atoms with Gasteiger partial charge in [-0.3, -0.25) is 0 Å². The number of benzene rings is 2. The molecule has 2 unspecified atom stereocenters. The number of amidine groups is 1. The molecule has 2 aromatic carbocycles. The summed E-state index contributed by atoms with van der Waals surface area (Å²) in [7, 11) is 0. The molecule has 6 nitrogen and oxygen atoms in total. The van der Waals surface area contributed by atoms with E-state index < -0.39 is 12.3 Å². The number of aliphatic imine (C=N–C) groups is 1. The number of nitrogens with one attached hydrogen (secondary N) is 1. The Balaban J connectivity index is 1.65. The van der Waals surface area contributed by atoms with Gasteiger partial charge >= 0.3 is 0 Å². The van der Waals surface area contributed by atoms with Gasteiger partial charge in [0.25, 0.3) is 0 Å². The number of hydroxylamine groups is 1. The van der Waals surface area contributed by atoms with Gasteiger partial charge in [-0.1, -0.05) is 24.3 Å². The Kier molecular flexibility index (Phi) is 4.33. The lowest BCUT2D eigenvalue weighted by molar-refractivity contribution is 0.0376. The van der Waals surface area contributed by atoms with Crippen LogP contribution >= 0.6 is 0 Å². The van der Waals surface area contributed by atoms with Crippen molar-refractivity contribution in [1.29, 1.82) is 5.26 Å². The van der Waals surface area contributed by atoms with Crippen LogP contribution in [0.25, 0.3) is 0 Å². The van der Waals surface area contributed by atoms with Gasteiger partial charge in [0.2, 0.25) is 6.23 Å². The van der Waals surface area contributed by atoms with Gasteiger partial charge in [-0.05, 0) is 43.0 Å². The van der Waals surface area contributed by atoms with E-state index in [4.69, 9.17) is 9.57 Å².